The maximum absolute atomic E-state index is 3.63. The van der Waals surface area contributed by atoms with Crippen molar-refractivity contribution in [2.45, 2.75) is 58.8 Å². The Morgan fingerprint density at radius 3 is 1.33 bits per heavy atom. The molecule has 0 heterocycles. The van der Waals surface area contributed by atoms with Gasteiger partial charge < -0.3 is 0 Å². The average molecular weight is 189 g/mol. The van der Waals surface area contributed by atoms with Crippen molar-refractivity contribution in [2.75, 3.05) is 6.54 Å². The quantitative estimate of drug-likeness (QED) is 0.654. The van der Waals surface area contributed by atoms with E-state index in [2.05, 4.69) is 53.6 Å². The Labute approximate surface area is 79.1 Å². The van der Waals surface area contributed by atoms with Crippen LogP contribution in [0.4, 0.5) is 0 Å². The fraction of sp³-hybridized carbons (Fsp3) is 1.00. The van der Waals surface area contributed by atoms with Gasteiger partial charge in [0, 0.05) is 0 Å². The lowest BCUT2D eigenvalue weighted by Crippen LogP contribution is -2.32. The molecule has 0 unspecified atom stereocenters. The summed E-state index contributed by atoms with van der Waals surface area (Å²) in [5, 5.41) is 4.44. The first kappa shape index (κ1) is 12.4. The van der Waals surface area contributed by atoms with Crippen LogP contribution in [0, 0.1) is 0 Å². The number of nitrogens with one attached hydrogen (secondary N) is 1. The molecule has 1 nitrogen and oxygen atoms in total. The van der Waals surface area contributed by atoms with Crippen LogP contribution >= 0.6 is 8.07 Å². The van der Waals surface area contributed by atoms with Gasteiger partial charge in [-0.25, -0.2) is 0 Å². The van der Waals surface area contributed by atoms with Crippen LogP contribution in [0.1, 0.15) is 48.5 Å². The maximum atomic E-state index is 3.63. The van der Waals surface area contributed by atoms with Crippen LogP contribution < -0.4 is 5.09 Å². The summed E-state index contributed by atoms with van der Waals surface area (Å²) < 4.78 is 0. The van der Waals surface area contributed by atoms with Gasteiger partial charge in [-0.2, -0.15) is 0 Å². The van der Waals surface area contributed by atoms with Crippen molar-refractivity contribution >= 4 is 8.07 Å². The topological polar surface area (TPSA) is 12.0 Å². The van der Waals surface area contributed by atoms with Gasteiger partial charge in [0.1, 0.15) is 0 Å². The Morgan fingerprint density at radius 1 is 0.917 bits per heavy atom. The van der Waals surface area contributed by atoms with Crippen LogP contribution in [0.3, 0.4) is 0 Å². The van der Waals surface area contributed by atoms with E-state index in [1.54, 1.807) is 0 Å². The van der Waals surface area contributed by atoms with E-state index in [4.69, 9.17) is 0 Å². The highest BCUT2D eigenvalue weighted by atomic mass is 31.1. The van der Waals surface area contributed by atoms with E-state index in [1.165, 1.54) is 0 Å². The van der Waals surface area contributed by atoms with E-state index in [0.717, 1.165) is 6.54 Å². The first-order valence-electron chi connectivity index (χ1n) is 4.73. The van der Waals surface area contributed by atoms with Crippen molar-refractivity contribution < 1.29 is 0 Å². The summed E-state index contributed by atoms with van der Waals surface area (Å²) in [6.07, 6.45) is 0. The van der Waals surface area contributed by atoms with Gasteiger partial charge in [0.05, 0.1) is 0 Å². The predicted octanol–water partition coefficient (Wildman–Crippen LogP) is 3.59. The molecule has 0 saturated carbocycles. The van der Waals surface area contributed by atoms with Crippen LogP contribution in [-0.4, -0.2) is 16.9 Å². The molecule has 1 N–H and O–H groups in total. The molecule has 0 rings (SSSR count). The predicted molar refractivity (Wildman–Crippen MR) is 60.1 cm³/mol. The van der Waals surface area contributed by atoms with Gasteiger partial charge in [0.2, 0.25) is 0 Å². The van der Waals surface area contributed by atoms with Gasteiger partial charge in [-0.1, -0.05) is 48.5 Å². The van der Waals surface area contributed by atoms with E-state index < -0.39 is 0 Å². The molecular formula is C10H24NP. The number of hydrogen-bond acceptors (Lipinski definition) is 1. The summed E-state index contributed by atoms with van der Waals surface area (Å²) in [5.41, 5.74) is 0. The zero-order valence-electron chi connectivity index (χ0n) is 9.65. The summed E-state index contributed by atoms with van der Waals surface area (Å²) in [7, 11) is -0.0928. The summed E-state index contributed by atoms with van der Waals surface area (Å²) in [4.78, 5) is 0. The van der Waals surface area contributed by atoms with E-state index in [9.17, 15) is 0 Å². The molecule has 0 aliphatic rings. The standard InChI is InChI=1S/C10H24NP/c1-8-11-12(9(2,3)4)10(5,6)7/h11H,8H2,1-7H3. The second-order valence-electron chi connectivity index (χ2n) is 5.19. The highest BCUT2D eigenvalue weighted by molar-refractivity contribution is 7.58. The normalized spacial score (nSPS) is 14.0. The molecule has 0 radical (unpaired) electrons. The highest BCUT2D eigenvalue weighted by Crippen LogP contribution is 2.55. The van der Waals surface area contributed by atoms with E-state index in [1.807, 2.05) is 0 Å². The lowest BCUT2D eigenvalue weighted by atomic mass is 10.2. The fourth-order valence-corrected chi connectivity index (χ4v) is 4.92. The largest absolute Gasteiger partial charge is 0.295 e. The average Bonchev–Trinajstić information content (AvgIpc) is 1.77. The molecule has 12 heavy (non-hydrogen) atoms. The summed E-state index contributed by atoms with van der Waals surface area (Å²) in [5.74, 6) is 0. The van der Waals surface area contributed by atoms with Crippen LogP contribution in [0.15, 0.2) is 0 Å². The van der Waals surface area contributed by atoms with Crippen molar-refractivity contribution in [3.8, 4) is 0 Å². The molecule has 0 saturated heterocycles. The van der Waals surface area contributed by atoms with E-state index in [0.29, 0.717) is 10.3 Å². The molecule has 0 aromatic carbocycles. The Bertz CT molecular complexity index is 116. The van der Waals surface area contributed by atoms with Crippen molar-refractivity contribution in [1.82, 2.24) is 5.09 Å². The third kappa shape index (κ3) is 3.87. The monoisotopic (exact) mass is 189 g/mol. The molecule has 0 aromatic heterocycles. The Morgan fingerprint density at radius 2 is 1.25 bits per heavy atom. The third-order valence-corrected chi connectivity index (χ3v) is 4.97. The Kier molecular flexibility index (Phi) is 4.20. The maximum Gasteiger partial charge on any atom is -0.00381 e. The summed E-state index contributed by atoms with van der Waals surface area (Å²) in [6, 6.07) is 0. The van der Waals surface area contributed by atoms with Crippen LogP contribution in [0.2, 0.25) is 0 Å². The van der Waals surface area contributed by atoms with E-state index in [-0.39, 0.29) is 8.07 Å². The van der Waals surface area contributed by atoms with Gasteiger partial charge in [0.15, 0.2) is 0 Å². The van der Waals surface area contributed by atoms with Gasteiger partial charge >= 0.3 is 0 Å². The first-order chi connectivity index (χ1) is 5.19. The molecule has 0 fully saturated rings. The summed E-state index contributed by atoms with van der Waals surface area (Å²) >= 11 is 0. The molecule has 74 valence electrons. The van der Waals surface area contributed by atoms with Gasteiger partial charge in [-0.3, -0.25) is 5.09 Å². The Hall–Kier alpha value is 0.390. The molecule has 0 bridgehead atoms. The van der Waals surface area contributed by atoms with Crippen LogP contribution in [0.25, 0.3) is 0 Å². The van der Waals surface area contributed by atoms with Gasteiger partial charge in [-0.05, 0) is 24.9 Å². The minimum atomic E-state index is -0.0928. The second-order valence-corrected chi connectivity index (χ2v) is 8.86. The molecule has 2 heteroatoms. The van der Waals surface area contributed by atoms with Gasteiger partial charge in [0.25, 0.3) is 0 Å². The van der Waals surface area contributed by atoms with Crippen molar-refractivity contribution in [3.63, 3.8) is 0 Å². The molecular weight excluding hydrogens is 165 g/mol. The van der Waals surface area contributed by atoms with Crippen molar-refractivity contribution in [3.05, 3.63) is 0 Å². The minimum absolute atomic E-state index is 0.0928. The van der Waals surface area contributed by atoms with Crippen molar-refractivity contribution in [1.29, 1.82) is 0 Å². The van der Waals surface area contributed by atoms with Crippen molar-refractivity contribution in [2.24, 2.45) is 0 Å². The zero-order valence-corrected chi connectivity index (χ0v) is 10.5. The lowest BCUT2D eigenvalue weighted by Gasteiger charge is -2.41. The SMILES string of the molecule is CCNP(C(C)(C)C)C(C)(C)C. The van der Waals surface area contributed by atoms with Crippen LogP contribution in [-0.2, 0) is 0 Å². The lowest BCUT2D eigenvalue weighted by molar-refractivity contribution is 0.686. The minimum Gasteiger partial charge on any atom is -0.295 e. The zero-order chi connectivity index (χ0) is 9.99. The fourth-order valence-electron chi connectivity index (χ4n) is 1.64. The highest BCUT2D eigenvalue weighted by Gasteiger charge is 2.33. The van der Waals surface area contributed by atoms with Gasteiger partial charge in [-0.15, -0.1) is 0 Å². The van der Waals surface area contributed by atoms with Crippen LogP contribution in [0.5, 0.6) is 0 Å². The number of rotatable bonds is 2. The molecule has 0 aliphatic carbocycles. The molecule has 0 aliphatic heterocycles. The molecule has 0 spiro atoms. The third-order valence-electron chi connectivity index (χ3n) is 1.66. The molecule has 0 atom stereocenters. The Balaban J connectivity index is 4.45. The van der Waals surface area contributed by atoms with E-state index >= 15 is 0 Å². The summed E-state index contributed by atoms with van der Waals surface area (Å²) in [6.45, 7) is 17.2. The molecule has 0 aromatic rings. The smallest absolute Gasteiger partial charge is 0.00381 e. The molecule has 0 amide bonds. The number of hydrogen-bond donors (Lipinski definition) is 1. The first-order valence-corrected chi connectivity index (χ1v) is 6.07. The second kappa shape index (κ2) is 4.07.